The predicted molar refractivity (Wildman–Crippen MR) is 121 cm³/mol. The van der Waals surface area contributed by atoms with Crippen LogP contribution in [0.2, 0.25) is 0 Å². The quantitative estimate of drug-likeness (QED) is 0.267. The van der Waals surface area contributed by atoms with Crippen LogP contribution in [0, 0.1) is 12.4 Å². The molecule has 0 aliphatic rings. The van der Waals surface area contributed by atoms with E-state index in [0.717, 1.165) is 10.9 Å². The first-order valence-corrected chi connectivity index (χ1v) is 10.7. The van der Waals surface area contributed by atoms with E-state index in [2.05, 4.69) is 20.0 Å². The lowest BCUT2D eigenvalue weighted by atomic mass is 10.2. The van der Waals surface area contributed by atoms with E-state index in [-0.39, 0.29) is 5.91 Å². The Kier molecular flexibility index (Phi) is 5.09. The first kappa shape index (κ1) is 19.8. The average molecular weight is 439 g/mol. The number of para-hydroxylation sites is 2. The van der Waals surface area contributed by atoms with Crippen molar-refractivity contribution in [2.45, 2.75) is 10.9 Å². The molecule has 0 saturated heterocycles. The van der Waals surface area contributed by atoms with Gasteiger partial charge in [0.05, 0.1) is 12.1 Å². The highest BCUT2D eigenvalue weighted by Crippen LogP contribution is 2.30. The molecular weight excluding hydrogens is 425 g/mol. The minimum atomic E-state index is -0.411. The minimum Gasteiger partial charge on any atom is -0.268 e. The number of hydrogen-bond acceptors (Lipinski definition) is 5. The summed E-state index contributed by atoms with van der Waals surface area (Å²) in [7, 11) is 0. The van der Waals surface area contributed by atoms with E-state index in [0.29, 0.717) is 38.8 Å². The topological polar surface area (TPSA) is 65.0 Å². The van der Waals surface area contributed by atoms with Gasteiger partial charge in [0, 0.05) is 16.7 Å². The number of carbonyl (C=O) groups excluding carboxylic acids is 1. The fourth-order valence-corrected chi connectivity index (χ4v) is 4.27. The number of hydrogen-bond donors (Lipinski definition) is 0. The fourth-order valence-electron chi connectivity index (χ4n) is 3.49. The van der Waals surface area contributed by atoms with Crippen LogP contribution in [0.25, 0.3) is 26.9 Å². The van der Waals surface area contributed by atoms with Crippen LogP contribution in [-0.2, 0) is 5.75 Å². The summed E-state index contributed by atoms with van der Waals surface area (Å²) in [5.41, 5.74) is 3.35. The molecule has 0 atom stereocenters. The number of carbonyl (C=O) groups is 1. The zero-order valence-electron chi connectivity index (χ0n) is 16.6. The molecule has 0 radical (unpaired) electrons. The van der Waals surface area contributed by atoms with Gasteiger partial charge in [-0.25, -0.2) is 14.2 Å². The summed E-state index contributed by atoms with van der Waals surface area (Å²) in [6.45, 7) is 7.32. The molecule has 2 aromatic heterocycles. The van der Waals surface area contributed by atoms with Crippen molar-refractivity contribution in [2.75, 3.05) is 0 Å². The van der Waals surface area contributed by atoms with Crippen molar-refractivity contribution in [2.24, 2.45) is 0 Å². The lowest BCUT2D eigenvalue weighted by molar-refractivity contribution is 0.0968. The van der Waals surface area contributed by atoms with Crippen molar-refractivity contribution in [3.8, 4) is 0 Å². The largest absolute Gasteiger partial charge is 0.268 e. The molecule has 0 amide bonds. The van der Waals surface area contributed by atoms with Gasteiger partial charge in [-0.3, -0.25) is 9.36 Å². The Balaban J connectivity index is 1.59. The van der Waals surface area contributed by atoms with Crippen molar-refractivity contribution in [3.63, 3.8) is 0 Å². The van der Waals surface area contributed by atoms with E-state index < -0.39 is 5.82 Å². The zero-order chi connectivity index (χ0) is 22.1. The van der Waals surface area contributed by atoms with Gasteiger partial charge in [0.15, 0.2) is 11.3 Å². The van der Waals surface area contributed by atoms with Crippen LogP contribution in [0.1, 0.15) is 15.9 Å². The first-order valence-electron chi connectivity index (χ1n) is 9.68. The lowest BCUT2D eigenvalue weighted by Gasteiger charge is -2.06. The second kappa shape index (κ2) is 8.21. The Morgan fingerprint density at radius 1 is 1.00 bits per heavy atom. The molecule has 0 saturated carbocycles. The molecule has 0 aliphatic heterocycles. The summed E-state index contributed by atoms with van der Waals surface area (Å²) in [6, 6.07) is 20.1. The highest BCUT2D eigenvalue weighted by atomic mass is 32.2. The second-order valence-electron chi connectivity index (χ2n) is 6.96. The average Bonchev–Trinajstić information content (AvgIpc) is 3.16. The van der Waals surface area contributed by atoms with E-state index in [1.807, 2.05) is 42.5 Å². The number of thioether (sulfide) groups is 1. The molecule has 5 aromatic rings. The van der Waals surface area contributed by atoms with Crippen molar-refractivity contribution < 1.29 is 9.18 Å². The number of fused-ring (bicyclic) bond motifs is 3. The molecule has 0 unspecified atom stereocenters. The van der Waals surface area contributed by atoms with Gasteiger partial charge in [-0.1, -0.05) is 54.2 Å². The molecule has 32 heavy (non-hydrogen) atoms. The highest BCUT2D eigenvalue weighted by Gasteiger charge is 2.20. The fraction of sp³-hybridized carbons (Fsp3) is 0.0417. The molecular formula is C24H14FN5OS. The van der Waals surface area contributed by atoms with Crippen molar-refractivity contribution >= 4 is 45.4 Å². The third kappa shape index (κ3) is 3.49. The number of rotatable bonds is 4. The van der Waals surface area contributed by atoms with Crippen LogP contribution in [0.4, 0.5) is 10.1 Å². The van der Waals surface area contributed by atoms with Crippen LogP contribution in [-0.4, -0.2) is 25.7 Å². The van der Waals surface area contributed by atoms with E-state index in [4.69, 9.17) is 6.57 Å². The van der Waals surface area contributed by atoms with Crippen LogP contribution < -0.4 is 0 Å². The molecule has 6 nitrogen and oxygen atoms in total. The standard InChI is InChI=1S/C24H14FN5OS/c1-26-19-8-4-2-6-16(19)14-32-24-27-22-21(28-29-24)18-7-3-5-9-20(18)30(22)23(31)15-10-12-17(25)13-11-15/h2-13H,14H2. The summed E-state index contributed by atoms with van der Waals surface area (Å²) >= 11 is 1.34. The molecule has 0 fully saturated rings. The number of benzene rings is 3. The van der Waals surface area contributed by atoms with Crippen LogP contribution >= 0.6 is 11.8 Å². The maximum absolute atomic E-state index is 13.4. The van der Waals surface area contributed by atoms with Crippen LogP contribution in [0.5, 0.6) is 0 Å². The Morgan fingerprint density at radius 2 is 1.75 bits per heavy atom. The highest BCUT2D eigenvalue weighted by molar-refractivity contribution is 7.98. The van der Waals surface area contributed by atoms with Gasteiger partial charge in [0.25, 0.3) is 5.91 Å². The summed E-state index contributed by atoms with van der Waals surface area (Å²) in [6.07, 6.45) is 0. The smallest absolute Gasteiger partial charge is 0.264 e. The van der Waals surface area contributed by atoms with Gasteiger partial charge in [-0.15, -0.1) is 10.2 Å². The van der Waals surface area contributed by atoms with E-state index in [1.165, 1.54) is 40.6 Å². The normalized spacial score (nSPS) is 11.0. The minimum absolute atomic E-state index is 0.328. The Bertz CT molecular complexity index is 1520. The third-order valence-electron chi connectivity index (χ3n) is 5.02. The maximum Gasteiger partial charge on any atom is 0.264 e. The van der Waals surface area contributed by atoms with Gasteiger partial charge < -0.3 is 0 Å². The van der Waals surface area contributed by atoms with Gasteiger partial charge in [-0.2, -0.15) is 0 Å². The molecule has 154 valence electrons. The van der Waals surface area contributed by atoms with Crippen molar-refractivity contribution in [3.05, 3.63) is 101 Å². The van der Waals surface area contributed by atoms with Gasteiger partial charge in [0.1, 0.15) is 11.3 Å². The summed E-state index contributed by atoms with van der Waals surface area (Å²) in [4.78, 5) is 21.5. The van der Waals surface area contributed by atoms with Crippen LogP contribution in [0.15, 0.2) is 78.0 Å². The van der Waals surface area contributed by atoms with E-state index in [1.54, 1.807) is 6.07 Å². The third-order valence-corrected chi connectivity index (χ3v) is 5.91. The molecule has 5 rings (SSSR count). The molecule has 2 heterocycles. The van der Waals surface area contributed by atoms with Gasteiger partial charge in [0.2, 0.25) is 5.16 Å². The molecule has 0 aliphatic carbocycles. The lowest BCUT2D eigenvalue weighted by Crippen LogP contribution is -2.13. The van der Waals surface area contributed by atoms with Crippen LogP contribution in [0.3, 0.4) is 0 Å². The number of halogens is 1. The molecule has 3 aromatic carbocycles. The summed E-state index contributed by atoms with van der Waals surface area (Å²) < 4.78 is 14.9. The van der Waals surface area contributed by atoms with E-state index >= 15 is 0 Å². The van der Waals surface area contributed by atoms with E-state index in [9.17, 15) is 9.18 Å². The van der Waals surface area contributed by atoms with Gasteiger partial charge >= 0.3 is 0 Å². The number of nitrogens with zero attached hydrogens (tertiary/aromatic N) is 5. The van der Waals surface area contributed by atoms with Crippen molar-refractivity contribution in [1.29, 1.82) is 0 Å². The summed E-state index contributed by atoms with van der Waals surface area (Å²) in [5, 5.41) is 9.74. The first-order chi connectivity index (χ1) is 15.7. The SMILES string of the molecule is [C-]#[N+]c1ccccc1CSc1nnc2c3ccccc3n(C(=O)c3ccc(F)cc3)c2n1. The summed E-state index contributed by atoms with van der Waals surface area (Å²) in [5.74, 6) is -0.241. The Hall–Kier alpha value is -4.09. The van der Waals surface area contributed by atoms with Gasteiger partial charge in [-0.05, 0) is 35.9 Å². The molecule has 0 spiro atoms. The zero-order valence-corrected chi connectivity index (χ0v) is 17.4. The molecule has 0 N–H and O–H groups in total. The molecule has 0 bridgehead atoms. The predicted octanol–water partition coefficient (Wildman–Crippen LogP) is 5.65. The maximum atomic E-state index is 13.4. The Labute approximate surface area is 186 Å². The number of aromatic nitrogens is 4. The monoisotopic (exact) mass is 439 g/mol. The Morgan fingerprint density at radius 3 is 2.56 bits per heavy atom. The second-order valence-corrected chi connectivity index (χ2v) is 7.90. The van der Waals surface area contributed by atoms with Crippen molar-refractivity contribution in [1.82, 2.24) is 19.7 Å². The molecule has 8 heteroatoms.